The van der Waals surface area contributed by atoms with E-state index in [4.69, 9.17) is 0 Å². The van der Waals surface area contributed by atoms with Crippen molar-refractivity contribution in [3.8, 4) is 6.07 Å². The molecule has 0 unspecified atom stereocenters. The Hall–Kier alpha value is -2.48. The number of halogens is 1. The maximum absolute atomic E-state index is 13.0. The maximum atomic E-state index is 13.0. The van der Waals surface area contributed by atoms with E-state index in [0.717, 1.165) is 28.8 Å². The Labute approximate surface area is 123 Å². The zero-order chi connectivity index (χ0) is 15.4. The smallest absolute Gasteiger partial charge is 0.166 e. The molecule has 1 aromatic carbocycles. The largest absolute Gasteiger partial charge is 0.367 e. The van der Waals surface area contributed by atoms with Crippen LogP contribution in [0.25, 0.3) is 0 Å². The third-order valence-corrected chi connectivity index (χ3v) is 3.56. The van der Waals surface area contributed by atoms with Gasteiger partial charge in [-0.25, -0.2) is 4.39 Å². The molecule has 0 fully saturated rings. The van der Waals surface area contributed by atoms with Crippen LogP contribution >= 0.6 is 0 Å². The van der Waals surface area contributed by atoms with Crippen molar-refractivity contribution in [1.29, 1.82) is 5.26 Å². The number of nitrogens with one attached hydrogen (secondary N) is 1. The van der Waals surface area contributed by atoms with Gasteiger partial charge in [-0.1, -0.05) is 6.07 Å². The summed E-state index contributed by atoms with van der Waals surface area (Å²) in [5.74, 6) is 0.274. The Kier molecular flexibility index (Phi) is 4.49. The van der Waals surface area contributed by atoms with E-state index in [-0.39, 0.29) is 5.82 Å². The predicted molar refractivity (Wildman–Crippen MR) is 79.6 cm³/mol. The van der Waals surface area contributed by atoms with Crippen LogP contribution in [0.3, 0.4) is 0 Å². The molecule has 5 heteroatoms. The minimum absolute atomic E-state index is 0.226. The lowest BCUT2D eigenvalue weighted by Gasteiger charge is -2.10. The number of rotatable bonds is 4. The predicted octanol–water partition coefficient (Wildman–Crippen LogP) is 3.07. The van der Waals surface area contributed by atoms with Gasteiger partial charge in [0.05, 0.1) is 5.69 Å². The van der Waals surface area contributed by atoms with Crippen LogP contribution in [0.15, 0.2) is 18.2 Å². The van der Waals surface area contributed by atoms with E-state index < -0.39 is 0 Å². The first-order chi connectivity index (χ1) is 10.0. The van der Waals surface area contributed by atoms with Gasteiger partial charge in [-0.15, -0.1) is 5.10 Å². The second kappa shape index (κ2) is 6.31. The standard InChI is InChI=1S/C16H17FN4/c1-10-8-14(17)5-4-13(10)6-7-19-16-15(9-18)11(2)12(3)20-21-16/h4-5,8H,6-7H2,1-3H3,(H,19,21). The van der Waals surface area contributed by atoms with Crippen molar-refractivity contribution in [3.05, 3.63) is 52.0 Å². The van der Waals surface area contributed by atoms with Crippen LogP contribution in [-0.2, 0) is 6.42 Å². The summed E-state index contributed by atoms with van der Waals surface area (Å²) >= 11 is 0. The molecule has 0 saturated carbocycles. The number of anilines is 1. The fourth-order valence-corrected chi connectivity index (χ4v) is 2.12. The normalized spacial score (nSPS) is 10.2. The Morgan fingerprint density at radius 1 is 1.24 bits per heavy atom. The lowest BCUT2D eigenvalue weighted by molar-refractivity contribution is 0.625. The molecule has 21 heavy (non-hydrogen) atoms. The Bertz CT molecular complexity index is 704. The summed E-state index contributed by atoms with van der Waals surface area (Å²) in [5.41, 5.74) is 4.11. The summed E-state index contributed by atoms with van der Waals surface area (Å²) in [6.07, 6.45) is 0.728. The number of nitrogens with zero attached hydrogens (tertiary/aromatic N) is 3. The molecule has 0 amide bonds. The number of aryl methyl sites for hydroxylation is 2. The molecule has 0 aliphatic carbocycles. The van der Waals surface area contributed by atoms with Crippen molar-refractivity contribution in [1.82, 2.24) is 10.2 Å². The van der Waals surface area contributed by atoms with E-state index in [2.05, 4.69) is 21.6 Å². The van der Waals surface area contributed by atoms with Crippen LogP contribution in [0, 0.1) is 37.9 Å². The summed E-state index contributed by atoms with van der Waals surface area (Å²) in [7, 11) is 0. The van der Waals surface area contributed by atoms with Crippen LogP contribution in [0.1, 0.15) is 27.9 Å². The van der Waals surface area contributed by atoms with Crippen molar-refractivity contribution < 1.29 is 4.39 Å². The molecule has 0 radical (unpaired) electrons. The van der Waals surface area contributed by atoms with Crippen LogP contribution < -0.4 is 5.32 Å². The summed E-state index contributed by atoms with van der Waals surface area (Å²) < 4.78 is 13.0. The van der Waals surface area contributed by atoms with E-state index in [1.165, 1.54) is 12.1 Å². The molecular formula is C16H17FN4. The second-order valence-corrected chi connectivity index (χ2v) is 4.99. The number of hydrogen-bond donors (Lipinski definition) is 1. The Morgan fingerprint density at radius 2 is 2.00 bits per heavy atom. The molecule has 2 aromatic rings. The maximum Gasteiger partial charge on any atom is 0.166 e. The lowest BCUT2D eigenvalue weighted by atomic mass is 10.1. The highest BCUT2D eigenvalue weighted by molar-refractivity contribution is 5.55. The SMILES string of the molecule is Cc1cc(F)ccc1CCNc1nnc(C)c(C)c1C#N. The second-order valence-electron chi connectivity index (χ2n) is 4.99. The monoisotopic (exact) mass is 284 g/mol. The first kappa shape index (κ1) is 14.9. The molecule has 1 heterocycles. The summed E-state index contributed by atoms with van der Waals surface area (Å²) in [4.78, 5) is 0. The van der Waals surface area contributed by atoms with E-state index in [0.29, 0.717) is 17.9 Å². The van der Waals surface area contributed by atoms with Crippen molar-refractivity contribution in [2.24, 2.45) is 0 Å². The van der Waals surface area contributed by atoms with E-state index in [1.54, 1.807) is 6.07 Å². The van der Waals surface area contributed by atoms with Gasteiger partial charge in [-0.2, -0.15) is 10.4 Å². The fourth-order valence-electron chi connectivity index (χ4n) is 2.12. The van der Waals surface area contributed by atoms with E-state index >= 15 is 0 Å². The fraction of sp³-hybridized carbons (Fsp3) is 0.312. The number of benzene rings is 1. The summed E-state index contributed by atoms with van der Waals surface area (Å²) in [6.45, 7) is 6.18. The molecule has 0 aliphatic heterocycles. The minimum Gasteiger partial charge on any atom is -0.367 e. The van der Waals surface area contributed by atoms with Gasteiger partial charge in [0.15, 0.2) is 5.82 Å². The van der Waals surface area contributed by atoms with Gasteiger partial charge >= 0.3 is 0 Å². The van der Waals surface area contributed by atoms with Gasteiger partial charge in [0.1, 0.15) is 17.4 Å². The Balaban J connectivity index is 2.07. The minimum atomic E-state index is -0.226. The number of nitriles is 1. The molecule has 0 bridgehead atoms. The molecule has 0 atom stereocenters. The van der Waals surface area contributed by atoms with Crippen molar-refractivity contribution in [3.63, 3.8) is 0 Å². The highest BCUT2D eigenvalue weighted by Gasteiger charge is 2.10. The molecule has 0 saturated heterocycles. The zero-order valence-electron chi connectivity index (χ0n) is 12.4. The topological polar surface area (TPSA) is 61.6 Å². The first-order valence-corrected chi connectivity index (χ1v) is 6.75. The highest BCUT2D eigenvalue weighted by atomic mass is 19.1. The average molecular weight is 284 g/mol. The van der Waals surface area contributed by atoms with Crippen LogP contribution in [0.4, 0.5) is 10.2 Å². The first-order valence-electron chi connectivity index (χ1n) is 6.75. The summed E-state index contributed by atoms with van der Waals surface area (Å²) in [6, 6.07) is 6.92. The van der Waals surface area contributed by atoms with Gasteiger partial charge in [0, 0.05) is 6.54 Å². The van der Waals surface area contributed by atoms with Gasteiger partial charge in [0.25, 0.3) is 0 Å². The van der Waals surface area contributed by atoms with Gasteiger partial charge in [-0.3, -0.25) is 0 Å². The average Bonchev–Trinajstić information content (AvgIpc) is 2.45. The third kappa shape index (κ3) is 3.34. The molecular weight excluding hydrogens is 267 g/mol. The lowest BCUT2D eigenvalue weighted by Crippen LogP contribution is -2.11. The number of aromatic nitrogens is 2. The highest BCUT2D eigenvalue weighted by Crippen LogP contribution is 2.17. The molecule has 4 nitrogen and oxygen atoms in total. The van der Waals surface area contributed by atoms with Gasteiger partial charge < -0.3 is 5.32 Å². The van der Waals surface area contributed by atoms with Crippen molar-refractivity contribution >= 4 is 5.82 Å². The zero-order valence-corrected chi connectivity index (χ0v) is 12.4. The number of hydrogen-bond acceptors (Lipinski definition) is 4. The molecule has 1 N–H and O–H groups in total. The van der Waals surface area contributed by atoms with Crippen molar-refractivity contribution in [2.45, 2.75) is 27.2 Å². The van der Waals surface area contributed by atoms with E-state index in [9.17, 15) is 9.65 Å². The molecule has 1 aromatic heterocycles. The quantitative estimate of drug-likeness (QED) is 0.937. The molecule has 0 spiro atoms. The van der Waals surface area contributed by atoms with E-state index in [1.807, 2.05) is 20.8 Å². The van der Waals surface area contributed by atoms with Crippen LogP contribution in [-0.4, -0.2) is 16.7 Å². The van der Waals surface area contributed by atoms with Crippen molar-refractivity contribution in [2.75, 3.05) is 11.9 Å². The van der Waals surface area contributed by atoms with Crippen LogP contribution in [0.5, 0.6) is 0 Å². The third-order valence-electron chi connectivity index (χ3n) is 3.56. The van der Waals surface area contributed by atoms with Crippen LogP contribution in [0.2, 0.25) is 0 Å². The van der Waals surface area contributed by atoms with Gasteiger partial charge in [-0.05, 0) is 56.0 Å². The van der Waals surface area contributed by atoms with Gasteiger partial charge in [0.2, 0.25) is 0 Å². The Morgan fingerprint density at radius 3 is 2.67 bits per heavy atom. The molecule has 108 valence electrons. The molecule has 2 rings (SSSR count). The molecule has 0 aliphatic rings. The summed E-state index contributed by atoms with van der Waals surface area (Å²) in [5, 5.41) is 20.4.